The first-order valence-corrected chi connectivity index (χ1v) is 7.62. The fraction of sp³-hybridized carbons (Fsp3) is 0.312. The van der Waals surface area contributed by atoms with Crippen molar-refractivity contribution < 1.29 is 4.74 Å². The quantitative estimate of drug-likeness (QED) is 0.763. The molecule has 2 N–H and O–H groups in total. The molecular weight excluding hydrogens is 294 g/mol. The van der Waals surface area contributed by atoms with Crippen LogP contribution in [0.15, 0.2) is 29.1 Å². The molecule has 23 heavy (non-hydrogen) atoms. The van der Waals surface area contributed by atoms with E-state index in [9.17, 15) is 4.79 Å². The van der Waals surface area contributed by atoms with Crippen LogP contribution in [0.3, 0.4) is 0 Å². The first-order chi connectivity index (χ1) is 11.3. The third-order valence-corrected chi connectivity index (χ3v) is 4.11. The third kappa shape index (κ3) is 2.34. The average Bonchev–Trinajstić information content (AvgIpc) is 3.20. The molecule has 0 radical (unpaired) electrons. The van der Waals surface area contributed by atoms with Crippen LogP contribution in [0.5, 0.6) is 5.75 Å². The van der Waals surface area contributed by atoms with Crippen molar-refractivity contribution in [1.82, 2.24) is 19.6 Å². The number of aromatic nitrogens is 4. The smallest absolute Gasteiger partial charge is 0.277 e. The standard InChI is InChI=1S/C16H17N5O2/c1-23-13-8-3-2-6-12(13)17-9-14-19-16-18-11-7-4-5-10(11)15(22)21(16)20-14/h2-3,6,8,17H,4-5,7,9H2,1H3,(H,18,19,20). The van der Waals surface area contributed by atoms with Crippen molar-refractivity contribution in [2.24, 2.45) is 0 Å². The van der Waals surface area contributed by atoms with Crippen LogP contribution in [-0.4, -0.2) is 26.7 Å². The molecule has 0 fully saturated rings. The molecule has 1 aliphatic rings. The number of methoxy groups -OCH3 is 1. The number of ether oxygens (including phenoxy) is 1. The Morgan fingerprint density at radius 1 is 1.30 bits per heavy atom. The van der Waals surface area contributed by atoms with Gasteiger partial charge < -0.3 is 10.1 Å². The van der Waals surface area contributed by atoms with Crippen molar-refractivity contribution in [2.45, 2.75) is 25.8 Å². The third-order valence-electron chi connectivity index (χ3n) is 4.11. The van der Waals surface area contributed by atoms with E-state index in [1.54, 1.807) is 7.11 Å². The molecule has 118 valence electrons. The van der Waals surface area contributed by atoms with Crippen molar-refractivity contribution in [3.63, 3.8) is 0 Å². The Morgan fingerprint density at radius 2 is 2.17 bits per heavy atom. The van der Waals surface area contributed by atoms with Crippen LogP contribution in [0.25, 0.3) is 5.78 Å². The fourth-order valence-electron chi connectivity index (χ4n) is 2.98. The Kier molecular flexibility index (Phi) is 3.25. The Balaban J connectivity index is 1.63. The summed E-state index contributed by atoms with van der Waals surface area (Å²) in [4.78, 5) is 21.3. The molecular formula is C16H17N5O2. The van der Waals surface area contributed by atoms with Crippen LogP contribution in [0.1, 0.15) is 23.5 Å². The molecule has 0 saturated heterocycles. The Hall–Kier alpha value is -2.83. The lowest BCUT2D eigenvalue weighted by Gasteiger charge is -2.09. The molecule has 0 spiro atoms. The number of anilines is 1. The highest BCUT2D eigenvalue weighted by Gasteiger charge is 2.19. The van der Waals surface area contributed by atoms with Crippen molar-refractivity contribution in [2.75, 3.05) is 12.4 Å². The van der Waals surface area contributed by atoms with Crippen LogP contribution < -0.4 is 15.6 Å². The maximum atomic E-state index is 12.4. The topological polar surface area (TPSA) is 84.3 Å². The molecule has 0 saturated carbocycles. The van der Waals surface area contributed by atoms with E-state index in [1.165, 1.54) is 4.52 Å². The average molecular weight is 311 g/mol. The van der Waals surface area contributed by atoms with E-state index in [0.717, 1.165) is 42.0 Å². The summed E-state index contributed by atoms with van der Waals surface area (Å²) in [7, 11) is 1.63. The number of aromatic amines is 1. The molecule has 2 heterocycles. The molecule has 0 atom stereocenters. The van der Waals surface area contributed by atoms with E-state index in [0.29, 0.717) is 18.1 Å². The van der Waals surface area contributed by atoms with Gasteiger partial charge in [0, 0.05) is 5.56 Å². The molecule has 7 nitrogen and oxygen atoms in total. The molecule has 1 aromatic carbocycles. The number of nitrogens with zero attached hydrogens (tertiary/aromatic N) is 3. The monoisotopic (exact) mass is 311 g/mol. The van der Waals surface area contributed by atoms with E-state index in [1.807, 2.05) is 24.3 Å². The summed E-state index contributed by atoms with van der Waals surface area (Å²) in [5, 5.41) is 6.28. The second kappa shape index (κ2) is 5.42. The van der Waals surface area contributed by atoms with Crippen molar-refractivity contribution >= 4 is 11.5 Å². The number of benzene rings is 1. The Morgan fingerprint density at radius 3 is 3.04 bits per heavy atom. The van der Waals surface area contributed by atoms with Gasteiger partial charge in [-0.15, -0.1) is 0 Å². The molecule has 7 heteroatoms. The summed E-state index contributed by atoms with van der Waals surface area (Å²) in [5.41, 5.74) is 2.55. The van der Waals surface area contributed by atoms with Gasteiger partial charge in [-0.1, -0.05) is 12.1 Å². The highest BCUT2D eigenvalue weighted by atomic mass is 16.5. The highest BCUT2D eigenvalue weighted by molar-refractivity contribution is 5.56. The SMILES string of the molecule is COc1ccccc1NCc1nc2nc3c(c(=O)n2[nH]1)CCC3. The summed E-state index contributed by atoms with van der Waals surface area (Å²) >= 11 is 0. The van der Waals surface area contributed by atoms with Crippen LogP contribution in [0.2, 0.25) is 0 Å². The number of hydrogen-bond donors (Lipinski definition) is 2. The maximum Gasteiger partial charge on any atom is 0.277 e. The zero-order chi connectivity index (χ0) is 15.8. The second-order valence-electron chi connectivity index (χ2n) is 5.56. The number of nitrogens with one attached hydrogen (secondary N) is 2. The van der Waals surface area contributed by atoms with Crippen LogP contribution >= 0.6 is 0 Å². The normalized spacial score (nSPS) is 13.3. The first-order valence-electron chi connectivity index (χ1n) is 7.62. The van der Waals surface area contributed by atoms with Gasteiger partial charge in [0.05, 0.1) is 25.0 Å². The van der Waals surface area contributed by atoms with E-state index in [-0.39, 0.29) is 5.56 Å². The number of H-pyrrole nitrogens is 1. The molecule has 3 aromatic rings. The summed E-state index contributed by atoms with van der Waals surface area (Å²) in [5.74, 6) is 1.86. The van der Waals surface area contributed by atoms with Gasteiger partial charge in [0.1, 0.15) is 11.6 Å². The van der Waals surface area contributed by atoms with E-state index < -0.39 is 0 Å². The zero-order valence-electron chi connectivity index (χ0n) is 12.8. The molecule has 0 aliphatic heterocycles. The van der Waals surface area contributed by atoms with Crippen molar-refractivity contribution in [1.29, 1.82) is 0 Å². The van der Waals surface area contributed by atoms with Gasteiger partial charge >= 0.3 is 0 Å². The maximum absolute atomic E-state index is 12.4. The number of hydrogen-bond acceptors (Lipinski definition) is 5. The lowest BCUT2D eigenvalue weighted by molar-refractivity contribution is 0.416. The molecule has 4 rings (SSSR count). The van der Waals surface area contributed by atoms with E-state index >= 15 is 0 Å². The molecule has 0 amide bonds. The number of aryl methyl sites for hydroxylation is 1. The molecule has 0 unspecified atom stereocenters. The minimum absolute atomic E-state index is 0.0291. The van der Waals surface area contributed by atoms with E-state index in [2.05, 4.69) is 20.4 Å². The predicted molar refractivity (Wildman–Crippen MR) is 86.0 cm³/mol. The highest BCUT2D eigenvalue weighted by Crippen LogP contribution is 2.23. The lowest BCUT2D eigenvalue weighted by Crippen LogP contribution is -2.20. The van der Waals surface area contributed by atoms with Crippen LogP contribution in [-0.2, 0) is 19.4 Å². The van der Waals surface area contributed by atoms with Gasteiger partial charge in [-0.05, 0) is 31.4 Å². The summed E-state index contributed by atoms with van der Waals surface area (Å²) in [6.45, 7) is 0.452. The summed E-state index contributed by atoms with van der Waals surface area (Å²) in [6, 6.07) is 7.66. The van der Waals surface area contributed by atoms with E-state index in [4.69, 9.17) is 4.74 Å². The molecule has 0 bridgehead atoms. The first kappa shape index (κ1) is 13.8. The fourth-order valence-corrected chi connectivity index (χ4v) is 2.98. The second-order valence-corrected chi connectivity index (χ2v) is 5.56. The van der Waals surface area contributed by atoms with Gasteiger partial charge in [-0.25, -0.2) is 4.98 Å². The van der Waals surface area contributed by atoms with Crippen LogP contribution in [0.4, 0.5) is 5.69 Å². The minimum atomic E-state index is -0.0291. The van der Waals surface area contributed by atoms with Crippen molar-refractivity contribution in [3.05, 3.63) is 51.7 Å². The zero-order valence-corrected chi connectivity index (χ0v) is 12.8. The molecule has 2 aromatic heterocycles. The van der Waals surface area contributed by atoms with Gasteiger partial charge in [-0.2, -0.15) is 9.50 Å². The minimum Gasteiger partial charge on any atom is -0.495 e. The van der Waals surface area contributed by atoms with Gasteiger partial charge in [0.15, 0.2) is 0 Å². The molecule has 1 aliphatic carbocycles. The van der Waals surface area contributed by atoms with Crippen molar-refractivity contribution in [3.8, 4) is 5.75 Å². The van der Waals surface area contributed by atoms with Crippen LogP contribution in [0, 0.1) is 0 Å². The van der Waals surface area contributed by atoms with Gasteiger partial charge in [0.2, 0.25) is 0 Å². The van der Waals surface area contributed by atoms with Gasteiger partial charge in [-0.3, -0.25) is 9.89 Å². The lowest BCUT2D eigenvalue weighted by atomic mass is 10.3. The largest absolute Gasteiger partial charge is 0.495 e. The predicted octanol–water partition coefficient (Wildman–Crippen LogP) is 1.53. The summed E-state index contributed by atoms with van der Waals surface area (Å²) in [6.07, 6.45) is 2.66. The number of rotatable bonds is 4. The number of fused-ring (bicyclic) bond motifs is 2. The Bertz CT molecular complexity index is 928. The summed E-state index contributed by atoms with van der Waals surface area (Å²) < 4.78 is 6.74. The number of para-hydroxylation sites is 2. The Labute approximate surface area is 132 Å². The van der Waals surface area contributed by atoms with Gasteiger partial charge in [0.25, 0.3) is 11.3 Å².